The highest BCUT2D eigenvalue weighted by Crippen LogP contribution is 2.27. The molecule has 17 heavy (non-hydrogen) atoms. The van der Waals surface area contributed by atoms with Gasteiger partial charge in [0.25, 0.3) is 0 Å². The Bertz CT molecular complexity index is 348. The van der Waals surface area contributed by atoms with Crippen LogP contribution in [0.15, 0.2) is 0 Å². The van der Waals surface area contributed by atoms with Crippen LogP contribution in [0.2, 0.25) is 0 Å². The number of nitrogens with zero attached hydrogens (tertiary/aromatic N) is 1. The lowest BCUT2D eigenvalue weighted by atomic mass is 9.94. The third-order valence-electron chi connectivity index (χ3n) is 3.33. The summed E-state index contributed by atoms with van der Waals surface area (Å²) in [6.07, 6.45) is 1.67. The lowest BCUT2D eigenvalue weighted by Gasteiger charge is -2.34. The molecule has 1 saturated heterocycles. The van der Waals surface area contributed by atoms with E-state index < -0.39 is 10.0 Å². The predicted octanol–water partition coefficient (Wildman–Crippen LogP) is 2.86. The first-order valence-corrected chi connectivity index (χ1v) is 8.76. The normalized spacial score (nSPS) is 28.3. The van der Waals surface area contributed by atoms with Crippen LogP contribution in [-0.4, -0.2) is 36.4 Å². The second-order valence-electron chi connectivity index (χ2n) is 6.27. The van der Waals surface area contributed by atoms with E-state index in [-0.39, 0.29) is 11.2 Å². The Morgan fingerprint density at radius 2 is 1.94 bits per heavy atom. The molecular formula is C12H24BrNO2S. The number of hydrogen-bond acceptors (Lipinski definition) is 2. The van der Waals surface area contributed by atoms with Gasteiger partial charge in [0.05, 0.1) is 5.75 Å². The Morgan fingerprint density at radius 3 is 2.41 bits per heavy atom. The Morgan fingerprint density at radius 1 is 1.35 bits per heavy atom. The van der Waals surface area contributed by atoms with Crippen molar-refractivity contribution < 1.29 is 8.42 Å². The van der Waals surface area contributed by atoms with Gasteiger partial charge in [-0.05, 0) is 24.2 Å². The maximum Gasteiger partial charge on any atom is 0.214 e. The second-order valence-corrected chi connectivity index (χ2v) is 9.53. The fraction of sp³-hybridized carbons (Fsp3) is 1.00. The van der Waals surface area contributed by atoms with E-state index in [2.05, 4.69) is 43.6 Å². The highest BCUT2D eigenvalue weighted by atomic mass is 79.9. The summed E-state index contributed by atoms with van der Waals surface area (Å²) in [5.74, 6) is 0.828. The molecule has 2 unspecified atom stereocenters. The number of piperidine rings is 1. The first-order valence-electron chi connectivity index (χ1n) is 6.24. The van der Waals surface area contributed by atoms with Gasteiger partial charge in [0.1, 0.15) is 0 Å². The van der Waals surface area contributed by atoms with Gasteiger partial charge in [-0.2, -0.15) is 0 Å². The number of halogens is 1. The molecule has 1 heterocycles. The lowest BCUT2D eigenvalue weighted by Crippen LogP contribution is -2.44. The number of alkyl halides is 1. The Labute approximate surface area is 114 Å². The Hall–Kier alpha value is 0.390. The molecule has 102 valence electrons. The van der Waals surface area contributed by atoms with Crippen LogP contribution in [0.5, 0.6) is 0 Å². The molecule has 0 aliphatic carbocycles. The quantitative estimate of drug-likeness (QED) is 0.748. The first kappa shape index (κ1) is 15.4. The first-order chi connectivity index (χ1) is 7.62. The summed E-state index contributed by atoms with van der Waals surface area (Å²) < 4.78 is 26.0. The van der Waals surface area contributed by atoms with Crippen molar-refractivity contribution in [3.8, 4) is 0 Å². The topological polar surface area (TPSA) is 37.4 Å². The van der Waals surface area contributed by atoms with Crippen molar-refractivity contribution in [3.63, 3.8) is 0 Å². The number of hydrogen-bond donors (Lipinski definition) is 0. The molecule has 1 fully saturated rings. The Kier molecular flexibility index (Phi) is 5.07. The van der Waals surface area contributed by atoms with E-state index in [1.807, 2.05) is 0 Å². The average molecular weight is 326 g/mol. The molecule has 0 bridgehead atoms. The van der Waals surface area contributed by atoms with Gasteiger partial charge in [-0.1, -0.05) is 43.6 Å². The van der Waals surface area contributed by atoms with Crippen molar-refractivity contribution in [1.82, 2.24) is 4.31 Å². The fourth-order valence-electron chi connectivity index (χ4n) is 1.81. The van der Waals surface area contributed by atoms with Crippen molar-refractivity contribution in [2.45, 2.75) is 45.4 Å². The van der Waals surface area contributed by atoms with Crippen LogP contribution >= 0.6 is 15.9 Å². The van der Waals surface area contributed by atoms with Crippen molar-refractivity contribution in [3.05, 3.63) is 0 Å². The molecule has 0 amide bonds. The minimum atomic E-state index is -3.07. The van der Waals surface area contributed by atoms with Crippen LogP contribution in [0, 0.1) is 11.3 Å². The Balaban J connectivity index is 2.59. The second kappa shape index (κ2) is 5.57. The van der Waals surface area contributed by atoms with Crippen molar-refractivity contribution in [1.29, 1.82) is 0 Å². The van der Waals surface area contributed by atoms with Gasteiger partial charge in [0.2, 0.25) is 10.0 Å². The van der Waals surface area contributed by atoms with Crippen molar-refractivity contribution >= 4 is 26.0 Å². The van der Waals surface area contributed by atoms with Crippen LogP contribution in [0.1, 0.15) is 40.5 Å². The van der Waals surface area contributed by atoms with Crippen LogP contribution < -0.4 is 0 Å². The fourth-order valence-corrected chi connectivity index (χ4v) is 4.52. The minimum Gasteiger partial charge on any atom is -0.212 e. The van der Waals surface area contributed by atoms with E-state index in [0.29, 0.717) is 30.3 Å². The highest BCUT2D eigenvalue weighted by molar-refractivity contribution is 9.09. The molecular weight excluding hydrogens is 302 g/mol. The molecule has 0 aromatic rings. The molecule has 1 aliphatic rings. The summed E-state index contributed by atoms with van der Waals surface area (Å²) in [5.41, 5.74) is 0.0734. The summed E-state index contributed by atoms with van der Waals surface area (Å²) in [6, 6.07) is 0. The zero-order valence-corrected chi connectivity index (χ0v) is 13.6. The summed E-state index contributed by atoms with van der Waals surface area (Å²) in [6.45, 7) is 9.69. The van der Waals surface area contributed by atoms with E-state index in [1.54, 1.807) is 4.31 Å². The monoisotopic (exact) mass is 325 g/mol. The summed E-state index contributed by atoms with van der Waals surface area (Å²) in [5, 5.41) is 0. The number of sulfonamides is 1. The summed E-state index contributed by atoms with van der Waals surface area (Å²) in [7, 11) is -3.07. The highest BCUT2D eigenvalue weighted by Gasteiger charge is 2.31. The van der Waals surface area contributed by atoms with Gasteiger partial charge in [-0.15, -0.1) is 0 Å². The van der Waals surface area contributed by atoms with Crippen LogP contribution in [0.25, 0.3) is 0 Å². The molecule has 1 rings (SSSR count). The zero-order chi connectivity index (χ0) is 13.3. The molecule has 0 N–H and O–H groups in total. The van der Waals surface area contributed by atoms with Crippen LogP contribution in [0.3, 0.4) is 0 Å². The van der Waals surface area contributed by atoms with Gasteiger partial charge in [-0.25, -0.2) is 12.7 Å². The van der Waals surface area contributed by atoms with Crippen molar-refractivity contribution in [2.75, 3.05) is 18.8 Å². The molecule has 3 nitrogen and oxygen atoms in total. The molecule has 1 aliphatic heterocycles. The van der Waals surface area contributed by atoms with Crippen LogP contribution in [0.4, 0.5) is 0 Å². The van der Waals surface area contributed by atoms with Crippen LogP contribution in [-0.2, 0) is 10.0 Å². The standard InChI is InChI=1S/C12H24BrNO2S/c1-10-5-7-14(9-11(10)13)17(15,16)8-6-12(2,3)4/h10-11H,5-9H2,1-4H3. The molecule has 5 heteroatoms. The molecule has 2 atom stereocenters. The van der Waals surface area contributed by atoms with Gasteiger partial charge in [-0.3, -0.25) is 0 Å². The maximum absolute atomic E-state index is 12.2. The average Bonchev–Trinajstić information content (AvgIpc) is 2.18. The molecule has 0 radical (unpaired) electrons. The molecule has 0 saturated carbocycles. The van der Waals surface area contributed by atoms with Crippen molar-refractivity contribution in [2.24, 2.45) is 11.3 Å². The summed E-state index contributed by atoms with van der Waals surface area (Å²) in [4.78, 5) is 0.292. The molecule has 0 aromatic carbocycles. The van der Waals surface area contributed by atoms with E-state index in [9.17, 15) is 8.42 Å². The molecule has 0 spiro atoms. The number of rotatable bonds is 3. The van der Waals surface area contributed by atoms with Gasteiger partial charge < -0.3 is 0 Å². The zero-order valence-electron chi connectivity index (χ0n) is 11.2. The van der Waals surface area contributed by atoms with Gasteiger partial charge in [0, 0.05) is 17.9 Å². The third kappa shape index (κ3) is 4.87. The van der Waals surface area contributed by atoms with E-state index in [4.69, 9.17) is 0 Å². The van der Waals surface area contributed by atoms with E-state index >= 15 is 0 Å². The largest absolute Gasteiger partial charge is 0.214 e. The van der Waals surface area contributed by atoms with Gasteiger partial charge >= 0.3 is 0 Å². The maximum atomic E-state index is 12.2. The smallest absolute Gasteiger partial charge is 0.212 e. The molecule has 0 aromatic heterocycles. The van der Waals surface area contributed by atoms with E-state index in [0.717, 1.165) is 6.42 Å². The third-order valence-corrected chi connectivity index (χ3v) is 6.36. The lowest BCUT2D eigenvalue weighted by molar-refractivity contribution is 0.297. The van der Waals surface area contributed by atoms with Gasteiger partial charge in [0.15, 0.2) is 0 Å². The predicted molar refractivity (Wildman–Crippen MR) is 75.9 cm³/mol. The SMILES string of the molecule is CC1CCN(S(=O)(=O)CCC(C)(C)C)CC1Br. The van der Waals surface area contributed by atoms with E-state index in [1.165, 1.54) is 0 Å². The minimum absolute atomic E-state index is 0.0734. The summed E-state index contributed by atoms with van der Waals surface area (Å²) >= 11 is 3.57.